The predicted molar refractivity (Wildman–Crippen MR) is 176 cm³/mol. The van der Waals surface area contributed by atoms with E-state index in [1.54, 1.807) is 32.1 Å². The van der Waals surface area contributed by atoms with E-state index in [0.717, 1.165) is 68.1 Å². The van der Waals surface area contributed by atoms with Crippen LogP contribution in [0.5, 0.6) is 0 Å². The predicted octanol–water partition coefficient (Wildman–Crippen LogP) is 6.71. The summed E-state index contributed by atoms with van der Waals surface area (Å²) >= 11 is 7.81. The van der Waals surface area contributed by atoms with Gasteiger partial charge in [-0.3, -0.25) is 14.4 Å². The lowest BCUT2D eigenvalue weighted by Gasteiger charge is -2.39. The van der Waals surface area contributed by atoms with Gasteiger partial charge in [-0.1, -0.05) is 41.1 Å². The van der Waals surface area contributed by atoms with Crippen LogP contribution in [-0.2, 0) is 18.3 Å². The van der Waals surface area contributed by atoms with Gasteiger partial charge in [0.2, 0.25) is 0 Å². The van der Waals surface area contributed by atoms with E-state index in [0.29, 0.717) is 5.02 Å². The van der Waals surface area contributed by atoms with Crippen molar-refractivity contribution in [2.75, 3.05) is 31.6 Å². The van der Waals surface area contributed by atoms with E-state index in [1.807, 2.05) is 55.2 Å². The summed E-state index contributed by atoms with van der Waals surface area (Å²) in [7, 11) is 4.14. The van der Waals surface area contributed by atoms with E-state index in [-0.39, 0.29) is 12.5 Å². The highest BCUT2D eigenvalue weighted by molar-refractivity contribution is 7.22. The summed E-state index contributed by atoms with van der Waals surface area (Å²) in [6.45, 7) is 9.81. The van der Waals surface area contributed by atoms with Gasteiger partial charge in [-0.25, -0.2) is 4.98 Å². The lowest BCUT2D eigenvalue weighted by molar-refractivity contribution is -0.136. The topological polar surface area (TPSA) is 94.7 Å². The molecule has 0 bridgehead atoms. The first-order valence-electron chi connectivity index (χ1n) is 14.3. The number of carbonyl (C=O) groups is 1. The number of aliphatic hydroxyl groups is 1. The van der Waals surface area contributed by atoms with Crippen molar-refractivity contribution in [1.29, 1.82) is 0 Å². The van der Waals surface area contributed by atoms with Crippen molar-refractivity contribution in [3.05, 3.63) is 76.4 Å². The third-order valence-electron chi connectivity index (χ3n) is 7.53. The Morgan fingerprint density at radius 2 is 1.79 bits per heavy atom. The molecule has 8 nitrogen and oxygen atoms in total. The molecule has 0 aliphatic carbocycles. The van der Waals surface area contributed by atoms with Crippen molar-refractivity contribution < 1.29 is 15.0 Å². The standard InChI is InChI=1S/C29H28ClN5O2S.C4H10O/c1-17-12-23-28(27(22(17)14-26(36)37)18-4-7-21(30)8-5-18)38-29(32-23)35-11-10-33(2)25(16-35)19-6-9-24-20(13-19)15-31-34(24)3;1-4(2,3)5/h4-9,12-13,15,25H,10-11,14,16H2,1-3H3,(H,36,37);5H,1-3H3. The molecule has 0 saturated carbocycles. The number of hydrogen-bond donors (Lipinski definition) is 2. The summed E-state index contributed by atoms with van der Waals surface area (Å²) in [5, 5.41) is 25.3. The average Bonchev–Trinajstić information content (AvgIpc) is 3.52. The Hall–Kier alpha value is -3.50. The monoisotopic (exact) mass is 619 g/mol. The number of aromatic nitrogens is 3. The maximum Gasteiger partial charge on any atom is 0.307 e. The minimum Gasteiger partial charge on any atom is -0.481 e. The number of aryl methyl sites for hydroxylation is 2. The molecule has 2 aromatic heterocycles. The van der Waals surface area contributed by atoms with Crippen molar-refractivity contribution in [2.45, 2.75) is 45.8 Å². The highest BCUT2D eigenvalue weighted by Gasteiger charge is 2.29. The first-order valence-corrected chi connectivity index (χ1v) is 15.5. The fourth-order valence-corrected chi connectivity index (χ4v) is 6.76. The number of rotatable bonds is 5. The van der Waals surface area contributed by atoms with Crippen LogP contribution in [0, 0.1) is 6.92 Å². The third kappa shape index (κ3) is 7.02. The molecule has 0 radical (unpaired) electrons. The third-order valence-corrected chi connectivity index (χ3v) is 8.94. The number of anilines is 1. The fourth-order valence-electron chi connectivity index (χ4n) is 5.46. The molecule has 1 aliphatic rings. The van der Waals surface area contributed by atoms with Crippen LogP contribution in [0.3, 0.4) is 0 Å². The number of carboxylic acid groups (broad SMARTS) is 1. The number of fused-ring (bicyclic) bond motifs is 2. The van der Waals surface area contributed by atoms with E-state index in [4.69, 9.17) is 21.7 Å². The highest BCUT2D eigenvalue weighted by Crippen LogP contribution is 2.42. The maximum absolute atomic E-state index is 11.8. The second kappa shape index (κ2) is 12.2. The first-order chi connectivity index (χ1) is 20.3. The Bertz CT molecular complexity index is 1770. The summed E-state index contributed by atoms with van der Waals surface area (Å²) in [6, 6.07) is 16.5. The van der Waals surface area contributed by atoms with Crippen LogP contribution in [-0.4, -0.2) is 68.1 Å². The van der Waals surface area contributed by atoms with Crippen LogP contribution in [0.4, 0.5) is 5.13 Å². The van der Waals surface area contributed by atoms with Crippen molar-refractivity contribution in [3.63, 3.8) is 0 Å². The number of likely N-dealkylation sites (N-methyl/N-ethyl adjacent to an activating group) is 1. The normalized spacial score (nSPS) is 16.0. The SMILES string of the molecule is CC(C)(C)O.Cc1cc2nc(N3CCN(C)C(c4ccc5c(cnn5C)c4)C3)sc2c(-c2ccc(Cl)cc2)c1CC(=O)O. The molecule has 10 heteroatoms. The Balaban J connectivity index is 0.000000682. The summed E-state index contributed by atoms with van der Waals surface area (Å²) in [4.78, 5) is 21.6. The molecule has 2 N–H and O–H groups in total. The molecule has 43 heavy (non-hydrogen) atoms. The fraction of sp³-hybridized carbons (Fsp3) is 0.364. The van der Waals surface area contributed by atoms with Crippen LogP contribution in [0.25, 0.3) is 32.2 Å². The van der Waals surface area contributed by atoms with E-state index in [1.165, 1.54) is 5.56 Å². The van der Waals surface area contributed by atoms with Gasteiger partial charge in [0.25, 0.3) is 0 Å². The molecule has 3 aromatic carbocycles. The highest BCUT2D eigenvalue weighted by atomic mass is 35.5. The van der Waals surface area contributed by atoms with Crippen LogP contribution >= 0.6 is 22.9 Å². The van der Waals surface area contributed by atoms with Gasteiger partial charge >= 0.3 is 5.97 Å². The lowest BCUT2D eigenvalue weighted by Crippen LogP contribution is -2.46. The van der Waals surface area contributed by atoms with Gasteiger partial charge in [-0.05, 0) is 87.3 Å². The summed E-state index contributed by atoms with van der Waals surface area (Å²) in [5.41, 5.74) is 6.43. The number of aliphatic carboxylic acids is 1. The van der Waals surface area contributed by atoms with Crippen LogP contribution in [0.1, 0.15) is 43.5 Å². The largest absolute Gasteiger partial charge is 0.481 e. The molecule has 1 atom stereocenters. The van der Waals surface area contributed by atoms with Crippen LogP contribution in [0.2, 0.25) is 5.02 Å². The van der Waals surface area contributed by atoms with Crippen molar-refractivity contribution >= 4 is 55.2 Å². The molecule has 1 aliphatic heterocycles. The number of thiazole rings is 1. The van der Waals surface area contributed by atoms with Crippen molar-refractivity contribution in [2.24, 2.45) is 7.05 Å². The lowest BCUT2D eigenvalue weighted by atomic mass is 9.93. The average molecular weight is 620 g/mol. The molecule has 1 saturated heterocycles. The molecule has 3 heterocycles. The van der Waals surface area contributed by atoms with Gasteiger partial charge in [-0.15, -0.1) is 0 Å². The minimum atomic E-state index is -0.847. The number of nitrogens with zero attached hydrogens (tertiary/aromatic N) is 5. The Morgan fingerprint density at radius 3 is 2.47 bits per heavy atom. The zero-order chi connectivity index (χ0) is 31.1. The Kier molecular flexibility index (Phi) is 8.81. The van der Waals surface area contributed by atoms with Gasteiger partial charge in [-0.2, -0.15) is 5.10 Å². The smallest absolute Gasteiger partial charge is 0.307 e. The van der Waals surface area contributed by atoms with Gasteiger partial charge in [0, 0.05) is 42.7 Å². The molecule has 226 valence electrons. The number of hydrogen-bond acceptors (Lipinski definition) is 7. The van der Waals surface area contributed by atoms with E-state index < -0.39 is 11.6 Å². The molecule has 1 fully saturated rings. The molecule has 0 spiro atoms. The van der Waals surface area contributed by atoms with Gasteiger partial charge in [0.15, 0.2) is 5.13 Å². The number of benzene rings is 3. The maximum atomic E-state index is 11.8. The zero-order valence-electron chi connectivity index (χ0n) is 25.4. The molecule has 5 aromatic rings. The quantitative estimate of drug-likeness (QED) is 0.226. The van der Waals surface area contributed by atoms with Crippen LogP contribution in [0.15, 0.2) is 54.7 Å². The van der Waals surface area contributed by atoms with E-state index in [9.17, 15) is 9.90 Å². The number of carboxylic acids is 1. The second-order valence-corrected chi connectivity index (χ2v) is 13.6. The summed E-state index contributed by atoms with van der Waals surface area (Å²) in [5.74, 6) is -0.847. The number of halogens is 1. The van der Waals surface area contributed by atoms with E-state index in [2.05, 4.69) is 40.1 Å². The summed E-state index contributed by atoms with van der Waals surface area (Å²) < 4.78 is 2.91. The molecular weight excluding hydrogens is 582 g/mol. The van der Waals surface area contributed by atoms with Crippen LogP contribution < -0.4 is 4.90 Å². The number of piperazine rings is 1. The molecule has 6 rings (SSSR count). The molecule has 1 unspecified atom stereocenters. The zero-order valence-corrected chi connectivity index (χ0v) is 27.0. The van der Waals surface area contributed by atoms with Crippen molar-refractivity contribution in [3.8, 4) is 11.1 Å². The van der Waals surface area contributed by atoms with Gasteiger partial charge in [0.05, 0.1) is 40.0 Å². The summed E-state index contributed by atoms with van der Waals surface area (Å²) in [6.07, 6.45) is 1.88. The van der Waals surface area contributed by atoms with Crippen molar-refractivity contribution in [1.82, 2.24) is 19.7 Å². The Labute approximate surface area is 261 Å². The second-order valence-electron chi connectivity index (χ2n) is 12.2. The Morgan fingerprint density at radius 1 is 1.09 bits per heavy atom. The minimum absolute atomic E-state index is 0.0413. The molecular formula is C33H38ClN5O3S. The molecule has 0 amide bonds. The van der Waals surface area contributed by atoms with Gasteiger partial charge in [0.1, 0.15) is 0 Å². The van der Waals surface area contributed by atoms with Gasteiger partial charge < -0.3 is 15.1 Å². The first kappa shape index (κ1) is 30.9. The van der Waals surface area contributed by atoms with E-state index >= 15 is 0 Å².